The Bertz CT molecular complexity index is 682. The van der Waals surface area contributed by atoms with Gasteiger partial charge in [-0.3, -0.25) is 0 Å². The Balaban J connectivity index is 1.74. The normalized spacial score (nSPS) is 21.3. The first-order chi connectivity index (χ1) is 12.5. The number of benzene rings is 1. The highest BCUT2D eigenvalue weighted by atomic mass is 32.2. The van der Waals surface area contributed by atoms with Crippen LogP contribution >= 0.6 is 0 Å². The molecule has 2 aliphatic rings. The molecule has 2 aliphatic heterocycles. The van der Waals surface area contributed by atoms with Gasteiger partial charge in [-0.1, -0.05) is 13.3 Å². The third-order valence-corrected chi connectivity index (χ3v) is 7.27. The highest BCUT2D eigenvalue weighted by Gasteiger charge is 2.50. The Hall–Kier alpha value is -1.15. The van der Waals surface area contributed by atoms with Crippen LogP contribution in [0.15, 0.2) is 29.2 Å². The standard InChI is InChI=1S/C19H30N2O4S/c1-3-5-12-20-13-10-19(11-14-20)21(15-16-25-19)26(22,23)18-8-6-17(7-9-18)24-4-2/h6-9H,3-5,10-16H2,1-2H3. The number of hydrogen-bond acceptors (Lipinski definition) is 5. The number of unbranched alkanes of at least 4 members (excludes halogenated alkanes) is 1. The number of likely N-dealkylation sites (tertiary alicyclic amines) is 1. The summed E-state index contributed by atoms with van der Waals surface area (Å²) in [6, 6.07) is 6.69. The van der Waals surface area contributed by atoms with Gasteiger partial charge in [-0.2, -0.15) is 4.31 Å². The predicted octanol–water partition coefficient (Wildman–Crippen LogP) is 2.70. The zero-order valence-electron chi connectivity index (χ0n) is 15.8. The molecule has 1 aromatic rings. The number of hydrogen-bond donors (Lipinski definition) is 0. The SMILES string of the molecule is CCCCN1CCC2(CC1)OCCN2S(=O)(=O)c1ccc(OCC)cc1. The van der Waals surface area contributed by atoms with Crippen LogP contribution in [-0.4, -0.2) is 62.7 Å². The first-order valence-electron chi connectivity index (χ1n) is 9.64. The van der Waals surface area contributed by atoms with Crippen LogP contribution in [0.1, 0.15) is 39.5 Å². The highest BCUT2D eigenvalue weighted by molar-refractivity contribution is 7.89. The van der Waals surface area contributed by atoms with Gasteiger partial charge in [0.1, 0.15) is 11.5 Å². The monoisotopic (exact) mass is 382 g/mol. The third kappa shape index (κ3) is 3.91. The van der Waals surface area contributed by atoms with Crippen molar-refractivity contribution in [1.82, 2.24) is 9.21 Å². The zero-order chi connectivity index (χ0) is 18.6. The Morgan fingerprint density at radius 1 is 1.12 bits per heavy atom. The van der Waals surface area contributed by atoms with Crippen molar-refractivity contribution < 1.29 is 17.9 Å². The average molecular weight is 383 g/mol. The van der Waals surface area contributed by atoms with E-state index in [0.29, 0.717) is 30.4 Å². The van der Waals surface area contributed by atoms with Gasteiger partial charge in [-0.25, -0.2) is 8.42 Å². The lowest BCUT2D eigenvalue weighted by Gasteiger charge is -2.42. The number of sulfonamides is 1. The molecule has 0 unspecified atom stereocenters. The average Bonchev–Trinajstić information content (AvgIpc) is 3.06. The lowest BCUT2D eigenvalue weighted by molar-refractivity contribution is -0.0906. The van der Waals surface area contributed by atoms with Crippen LogP contribution in [0.3, 0.4) is 0 Å². The summed E-state index contributed by atoms with van der Waals surface area (Å²) in [4.78, 5) is 2.72. The van der Waals surface area contributed by atoms with Crippen molar-refractivity contribution >= 4 is 10.0 Å². The van der Waals surface area contributed by atoms with Crippen LogP contribution in [0.25, 0.3) is 0 Å². The molecule has 7 heteroatoms. The molecule has 0 radical (unpaired) electrons. The van der Waals surface area contributed by atoms with Crippen LogP contribution in [0, 0.1) is 0 Å². The summed E-state index contributed by atoms with van der Waals surface area (Å²) >= 11 is 0. The Kier molecular flexibility index (Phi) is 6.22. The van der Waals surface area contributed by atoms with E-state index in [1.165, 1.54) is 12.8 Å². The Morgan fingerprint density at radius 2 is 1.81 bits per heavy atom. The fraction of sp³-hybridized carbons (Fsp3) is 0.684. The summed E-state index contributed by atoms with van der Waals surface area (Å²) in [6.07, 6.45) is 3.82. The van der Waals surface area contributed by atoms with Gasteiger partial charge < -0.3 is 14.4 Å². The van der Waals surface area contributed by atoms with Gasteiger partial charge in [0.15, 0.2) is 0 Å². The van der Waals surface area contributed by atoms with Crippen molar-refractivity contribution in [3.05, 3.63) is 24.3 Å². The highest BCUT2D eigenvalue weighted by Crippen LogP contribution is 2.38. The quantitative estimate of drug-likeness (QED) is 0.726. The van der Waals surface area contributed by atoms with E-state index in [4.69, 9.17) is 9.47 Å². The second-order valence-electron chi connectivity index (χ2n) is 6.97. The molecular weight excluding hydrogens is 352 g/mol. The molecule has 146 valence electrons. The predicted molar refractivity (Wildman–Crippen MR) is 101 cm³/mol. The molecular formula is C19H30N2O4S. The van der Waals surface area contributed by atoms with Gasteiger partial charge in [0, 0.05) is 32.5 Å². The summed E-state index contributed by atoms with van der Waals surface area (Å²) in [7, 11) is -3.58. The maximum atomic E-state index is 13.2. The van der Waals surface area contributed by atoms with Crippen molar-refractivity contribution in [3.8, 4) is 5.75 Å². The van der Waals surface area contributed by atoms with E-state index in [2.05, 4.69) is 11.8 Å². The van der Waals surface area contributed by atoms with Crippen LogP contribution < -0.4 is 4.74 Å². The number of ether oxygens (including phenoxy) is 2. The van der Waals surface area contributed by atoms with Gasteiger partial charge in [0.25, 0.3) is 0 Å². The zero-order valence-corrected chi connectivity index (χ0v) is 16.6. The molecule has 0 amide bonds. The second-order valence-corrected chi connectivity index (χ2v) is 8.83. The van der Waals surface area contributed by atoms with Gasteiger partial charge in [-0.05, 0) is 44.2 Å². The first kappa shape index (κ1) is 19.6. The molecule has 0 bridgehead atoms. The van der Waals surface area contributed by atoms with E-state index in [1.54, 1.807) is 28.6 Å². The summed E-state index contributed by atoms with van der Waals surface area (Å²) in [5.74, 6) is 0.683. The number of nitrogens with zero attached hydrogens (tertiary/aromatic N) is 2. The lowest BCUT2D eigenvalue weighted by atomic mass is 10.0. The number of rotatable bonds is 7. The van der Waals surface area contributed by atoms with E-state index in [0.717, 1.165) is 32.5 Å². The molecule has 2 fully saturated rings. The minimum atomic E-state index is -3.58. The molecule has 2 heterocycles. The first-order valence-corrected chi connectivity index (χ1v) is 11.1. The molecule has 26 heavy (non-hydrogen) atoms. The maximum absolute atomic E-state index is 13.2. The molecule has 0 atom stereocenters. The minimum Gasteiger partial charge on any atom is -0.494 e. The fourth-order valence-electron chi connectivity index (χ4n) is 3.84. The largest absolute Gasteiger partial charge is 0.494 e. The molecule has 0 saturated carbocycles. The summed E-state index contributed by atoms with van der Waals surface area (Å²) in [5, 5.41) is 0. The van der Waals surface area contributed by atoms with Crippen molar-refractivity contribution in [3.63, 3.8) is 0 Å². The second kappa shape index (κ2) is 8.25. The molecule has 1 aromatic carbocycles. The van der Waals surface area contributed by atoms with Crippen molar-refractivity contribution in [1.29, 1.82) is 0 Å². The van der Waals surface area contributed by atoms with E-state index in [-0.39, 0.29) is 0 Å². The molecule has 0 aromatic heterocycles. The van der Waals surface area contributed by atoms with Gasteiger partial charge in [0.2, 0.25) is 10.0 Å². The Morgan fingerprint density at radius 3 is 2.42 bits per heavy atom. The molecule has 1 spiro atoms. The third-order valence-electron chi connectivity index (χ3n) is 5.31. The van der Waals surface area contributed by atoms with E-state index in [9.17, 15) is 8.42 Å². The van der Waals surface area contributed by atoms with Gasteiger partial charge >= 0.3 is 0 Å². The van der Waals surface area contributed by atoms with Crippen LogP contribution in [0.5, 0.6) is 5.75 Å². The lowest BCUT2D eigenvalue weighted by Crippen LogP contribution is -2.54. The van der Waals surface area contributed by atoms with Gasteiger partial charge in [0.05, 0.1) is 18.1 Å². The van der Waals surface area contributed by atoms with Crippen molar-refractivity contribution in [2.75, 3.05) is 39.4 Å². The van der Waals surface area contributed by atoms with E-state index < -0.39 is 15.7 Å². The van der Waals surface area contributed by atoms with E-state index in [1.807, 2.05) is 6.92 Å². The fourth-order valence-corrected chi connectivity index (χ4v) is 5.56. The van der Waals surface area contributed by atoms with Crippen molar-refractivity contribution in [2.24, 2.45) is 0 Å². The van der Waals surface area contributed by atoms with Crippen LogP contribution in [0.4, 0.5) is 0 Å². The van der Waals surface area contributed by atoms with E-state index >= 15 is 0 Å². The minimum absolute atomic E-state index is 0.305. The molecule has 0 aliphatic carbocycles. The smallest absolute Gasteiger partial charge is 0.245 e. The van der Waals surface area contributed by atoms with Crippen LogP contribution in [-0.2, 0) is 14.8 Å². The Labute approximate surface area is 157 Å². The summed E-state index contributed by atoms with van der Waals surface area (Å²) < 4.78 is 39.5. The summed E-state index contributed by atoms with van der Waals surface area (Å²) in [6.45, 7) is 8.39. The maximum Gasteiger partial charge on any atom is 0.245 e. The molecule has 2 saturated heterocycles. The van der Waals surface area contributed by atoms with Crippen LogP contribution in [0.2, 0.25) is 0 Å². The molecule has 6 nitrogen and oxygen atoms in total. The topological polar surface area (TPSA) is 59.1 Å². The van der Waals surface area contributed by atoms with Gasteiger partial charge in [-0.15, -0.1) is 0 Å². The number of piperidine rings is 1. The molecule has 0 N–H and O–H groups in total. The summed E-state index contributed by atoms with van der Waals surface area (Å²) in [5.41, 5.74) is -0.680. The van der Waals surface area contributed by atoms with Crippen molar-refractivity contribution in [2.45, 2.75) is 50.2 Å². The molecule has 3 rings (SSSR count).